The second kappa shape index (κ2) is 6.23. The molecular weight excluding hydrogens is 248 g/mol. The largest absolute Gasteiger partial charge is 0.481 e. The molecule has 1 N–H and O–H groups in total. The maximum atomic E-state index is 12.4. The van der Waals surface area contributed by atoms with Crippen molar-refractivity contribution in [3.63, 3.8) is 0 Å². The Morgan fingerprint density at radius 2 is 1.95 bits per heavy atom. The molecule has 2 saturated heterocycles. The van der Waals surface area contributed by atoms with Crippen LogP contribution in [0.3, 0.4) is 0 Å². The fourth-order valence-electron chi connectivity index (χ4n) is 2.80. The molecule has 1 atom stereocenters. The highest BCUT2D eigenvalue weighted by Crippen LogP contribution is 2.20. The van der Waals surface area contributed by atoms with Crippen molar-refractivity contribution in [2.75, 3.05) is 33.4 Å². The van der Waals surface area contributed by atoms with Crippen molar-refractivity contribution in [3.8, 4) is 0 Å². The van der Waals surface area contributed by atoms with Crippen LogP contribution in [0, 0.1) is 5.92 Å². The number of nitrogens with zero attached hydrogens (tertiary/aromatic N) is 2. The van der Waals surface area contributed by atoms with Gasteiger partial charge in [-0.15, -0.1) is 0 Å². The predicted molar refractivity (Wildman–Crippen MR) is 68.9 cm³/mol. The number of urea groups is 1. The Balaban J connectivity index is 1.92. The zero-order valence-corrected chi connectivity index (χ0v) is 11.4. The summed E-state index contributed by atoms with van der Waals surface area (Å²) in [4.78, 5) is 26.8. The second-order valence-corrected chi connectivity index (χ2v) is 5.36. The predicted octanol–water partition coefficient (Wildman–Crippen LogP) is 1.01. The van der Waals surface area contributed by atoms with Crippen LogP contribution in [0.5, 0.6) is 0 Å². The third kappa shape index (κ3) is 3.37. The first-order chi connectivity index (χ1) is 9.09. The lowest BCUT2D eigenvalue weighted by Gasteiger charge is -2.38. The molecule has 0 bridgehead atoms. The lowest BCUT2D eigenvalue weighted by atomic mass is 9.98. The Morgan fingerprint density at radius 3 is 2.58 bits per heavy atom. The molecule has 2 fully saturated rings. The first-order valence-electron chi connectivity index (χ1n) is 6.92. The summed E-state index contributed by atoms with van der Waals surface area (Å²) in [6.45, 7) is 2.39. The van der Waals surface area contributed by atoms with E-state index in [9.17, 15) is 9.59 Å². The first-order valence-corrected chi connectivity index (χ1v) is 6.92. The lowest BCUT2D eigenvalue weighted by molar-refractivity contribution is -0.143. The Hall–Kier alpha value is -1.30. The molecule has 108 valence electrons. The van der Waals surface area contributed by atoms with Crippen LogP contribution in [0.2, 0.25) is 0 Å². The van der Waals surface area contributed by atoms with Crippen molar-refractivity contribution in [1.29, 1.82) is 0 Å². The van der Waals surface area contributed by atoms with E-state index < -0.39 is 11.9 Å². The van der Waals surface area contributed by atoms with Crippen LogP contribution in [0.25, 0.3) is 0 Å². The molecule has 19 heavy (non-hydrogen) atoms. The molecule has 1 unspecified atom stereocenters. The summed E-state index contributed by atoms with van der Waals surface area (Å²) in [5, 5.41) is 9.06. The summed E-state index contributed by atoms with van der Waals surface area (Å²) in [5.74, 6) is -1.22. The van der Waals surface area contributed by atoms with Crippen molar-refractivity contribution in [3.05, 3.63) is 0 Å². The molecule has 0 aliphatic carbocycles. The number of rotatable bonds is 2. The van der Waals surface area contributed by atoms with Gasteiger partial charge in [-0.25, -0.2) is 4.79 Å². The maximum absolute atomic E-state index is 12.4. The van der Waals surface area contributed by atoms with Crippen LogP contribution in [-0.4, -0.2) is 66.3 Å². The van der Waals surface area contributed by atoms with Gasteiger partial charge in [0.2, 0.25) is 0 Å². The number of carboxylic acid groups (broad SMARTS) is 1. The summed E-state index contributed by atoms with van der Waals surface area (Å²) in [5.41, 5.74) is 0. The Kier molecular flexibility index (Phi) is 4.63. The summed E-state index contributed by atoms with van der Waals surface area (Å²) in [6.07, 6.45) is 3.15. The minimum absolute atomic E-state index is 0.0437. The number of hydrogen-bond donors (Lipinski definition) is 1. The van der Waals surface area contributed by atoms with Gasteiger partial charge in [0, 0.05) is 39.4 Å². The minimum Gasteiger partial charge on any atom is -0.481 e. The highest BCUT2D eigenvalue weighted by molar-refractivity contribution is 5.76. The van der Waals surface area contributed by atoms with Gasteiger partial charge in [-0.3, -0.25) is 4.79 Å². The van der Waals surface area contributed by atoms with Gasteiger partial charge in [-0.1, -0.05) is 0 Å². The van der Waals surface area contributed by atoms with Crippen molar-refractivity contribution in [2.24, 2.45) is 5.92 Å². The number of carbonyl (C=O) groups is 2. The molecule has 0 saturated carbocycles. The highest BCUT2D eigenvalue weighted by Gasteiger charge is 2.31. The highest BCUT2D eigenvalue weighted by atomic mass is 16.5. The van der Waals surface area contributed by atoms with E-state index >= 15 is 0 Å². The van der Waals surface area contributed by atoms with Crippen LogP contribution >= 0.6 is 0 Å². The Bertz CT molecular complexity index is 342. The van der Waals surface area contributed by atoms with Gasteiger partial charge in [0.15, 0.2) is 0 Å². The molecule has 2 heterocycles. The van der Waals surface area contributed by atoms with Crippen molar-refractivity contribution < 1.29 is 19.4 Å². The van der Waals surface area contributed by atoms with Gasteiger partial charge in [-0.2, -0.15) is 0 Å². The number of ether oxygens (including phenoxy) is 1. The molecule has 2 aliphatic heterocycles. The molecule has 0 aromatic rings. The SMILES string of the molecule is CN(C(=O)N1CCCC(C(=O)O)C1)C1CCOCC1. The zero-order valence-electron chi connectivity index (χ0n) is 11.4. The molecule has 0 aromatic heterocycles. The fourth-order valence-corrected chi connectivity index (χ4v) is 2.80. The number of piperidine rings is 1. The third-order valence-electron chi connectivity index (χ3n) is 4.08. The van der Waals surface area contributed by atoms with Gasteiger partial charge in [0.25, 0.3) is 0 Å². The van der Waals surface area contributed by atoms with Crippen LogP contribution in [0.1, 0.15) is 25.7 Å². The molecular formula is C13H22N2O4. The molecule has 6 heteroatoms. The second-order valence-electron chi connectivity index (χ2n) is 5.36. The number of carbonyl (C=O) groups excluding carboxylic acids is 1. The average molecular weight is 270 g/mol. The smallest absolute Gasteiger partial charge is 0.320 e. The average Bonchev–Trinajstić information content (AvgIpc) is 2.46. The first kappa shape index (κ1) is 14.1. The molecule has 2 rings (SSSR count). The van der Waals surface area contributed by atoms with Crippen LogP contribution < -0.4 is 0 Å². The molecule has 0 radical (unpaired) electrons. The lowest BCUT2D eigenvalue weighted by Crippen LogP contribution is -2.51. The summed E-state index contributed by atoms with van der Waals surface area (Å²) >= 11 is 0. The van der Waals surface area contributed by atoms with Crippen molar-refractivity contribution in [1.82, 2.24) is 9.80 Å². The van der Waals surface area contributed by atoms with Crippen molar-refractivity contribution in [2.45, 2.75) is 31.7 Å². The topological polar surface area (TPSA) is 70.1 Å². The van der Waals surface area contributed by atoms with E-state index in [0.717, 1.165) is 19.3 Å². The van der Waals surface area contributed by atoms with Gasteiger partial charge in [0.05, 0.1) is 5.92 Å². The van der Waals surface area contributed by atoms with Crippen LogP contribution in [-0.2, 0) is 9.53 Å². The minimum atomic E-state index is -0.800. The van der Waals surface area contributed by atoms with Gasteiger partial charge < -0.3 is 19.6 Å². The summed E-state index contributed by atoms with van der Waals surface area (Å²) in [6, 6.07) is 0.171. The van der Waals surface area contributed by atoms with Gasteiger partial charge >= 0.3 is 12.0 Å². The van der Waals surface area contributed by atoms with Crippen LogP contribution in [0.15, 0.2) is 0 Å². The van der Waals surface area contributed by atoms with E-state index in [2.05, 4.69) is 0 Å². The molecule has 0 aromatic carbocycles. The number of hydrogen-bond acceptors (Lipinski definition) is 3. The van der Waals surface area contributed by atoms with E-state index in [1.807, 2.05) is 7.05 Å². The maximum Gasteiger partial charge on any atom is 0.320 e. The Labute approximate surface area is 113 Å². The van der Waals surface area contributed by atoms with Gasteiger partial charge in [-0.05, 0) is 25.7 Å². The normalized spacial score (nSPS) is 25.1. The van der Waals surface area contributed by atoms with Gasteiger partial charge in [0.1, 0.15) is 0 Å². The Morgan fingerprint density at radius 1 is 1.26 bits per heavy atom. The van der Waals surface area contributed by atoms with Crippen LogP contribution in [0.4, 0.5) is 4.79 Å². The number of likely N-dealkylation sites (tertiary alicyclic amines) is 1. The zero-order chi connectivity index (χ0) is 13.8. The van der Waals surface area contributed by atoms with Crippen molar-refractivity contribution >= 4 is 12.0 Å². The van der Waals surface area contributed by atoms with E-state index in [1.54, 1.807) is 9.80 Å². The molecule has 0 spiro atoms. The fraction of sp³-hybridized carbons (Fsp3) is 0.846. The number of carboxylic acids is 1. The summed E-state index contributed by atoms with van der Waals surface area (Å²) < 4.78 is 5.29. The van der Waals surface area contributed by atoms with E-state index in [4.69, 9.17) is 9.84 Å². The molecule has 6 nitrogen and oxygen atoms in total. The van der Waals surface area contributed by atoms with E-state index in [1.165, 1.54) is 0 Å². The standard InChI is InChI=1S/C13H22N2O4/c1-14(11-4-7-19-8-5-11)13(18)15-6-2-3-10(9-15)12(16)17/h10-11H,2-9H2,1H3,(H,16,17). The van der Waals surface area contributed by atoms with E-state index in [0.29, 0.717) is 32.7 Å². The molecule has 2 amide bonds. The monoisotopic (exact) mass is 270 g/mol. The van der Waals surface area contributed by atoms with E-state index in [-0.39, 0.29) is 12.1 Å². The number of amides is 2. The summed E-state index contributed by atoms with van der Waals surface area (Å²) in [7, 11) is 1.81. The number of aliphatic carboxylic acids is 1. The third-order valence-corrected chi connectivity index (χ3v) is 4.08. The molecule has 2 aliphatic rings. The quantitative estimate of drug-likeness (QED) is 0.813.